The second kappa shape index (κ2) is 16.6. The Hall–Kier alpha value is -3.30. The number of carbonyl (C=O) groups excluding carboxylic acids is 4. The van der Waals surface area contributed by atoms with E-state index in [0.717, 1.165) is 11.1 Å². The van der Waals surface area contributed by atoms with E-state index in [9.17, 15) is 24.3 Å². The number of alkyl carbamates (subject to hydrolysis) is 1. The Balaban J connectivity index is 1.74. The average Bonchev–Trinajstić information content (AvgIpc) is 3.78. The van der Waals surface area contributed by atoms with E-state index in [4.69, 9.17) is 35.3 Å². The fourth-order valence-corrected chi connectivity index (χ4v) is 7.23. The molecule has 0 aliphatic carbocycles. The van der Waals surface area contributed by atoms with Crippen molar-refractivity contribution in [2.75, 3.05) is 33.2 Å². The summed E-state index contributed by atoms with van der Waals surface area (Å²) in [5, 5.41) is 14.5. The molecule has 8 atom stereocenters. The van der Waals surface area contributed by atoms with Gasteiger partial charge in [-0.2, -0.15) is 12.6 Å². The summed E-state index contributed by atoms with van der Waals surface area (Å²) in [7, 11) is 6.02. The van der Waals surface area contributed by atoms with Crippen LogP contribution in [0.15, 0.2) is 35.9 Å². The van der Waals surface area contributed by atoms with Crippen molar-refractivity contribution in [2.45, 2.75) is 120 Å². The lowest BCUT2D eigenvalue weighted by molar-refractivity contribution is -0.162. The molecule has 1 aromatic rings. The number of benzene rings is 1. The largest absolute Gasteiger partial charge is 0.495 e. The maximum atomic E-state index is 14.1. The molecule has 0 spiro atoms. The molecule has 294 valence electrons. The van der Waals surface area contributed by atoms with Gasteiger partial charge < -0.3 is 38.6 Å². The Bertz CT molecular complexity index is 1630. The number of hydrogen-bond donors (Lipinski definition) is 3. The number of amides is 3. The number of fused-ring (bicyclic) bond motifs is 5. The number of halogens is 1. The van der Waals surface area contributed by atoms with Crippen LogP contribution < -0.4 is 15.0 Å². The van der Waals surface area contributed by atoms with Gasteiger partial charge in [-0.1, -0.05) is 56.2 Å². The number of anilines is 1. The van der Waals surface area contributed by atoms with Crippen LogP contribution in [0.4, 0.5) is 10.5 Å². The predicted octanol–water partition coefficient (Wildman–Crippen LogP) is 5.00. The molecule has 3 heterocycles. The lowest BCUT2D eigenvalue weighted by Gasteiger charge is -2.42. The molecule has 4 rings (SSSR count). The highest BCUT2D eigenvalue weighted by molar-refractivity contribution is 7.81. The Morgan fingerprint density at radius 1 is 1.26 bits per heavy atom. The molecule has 13 nitrogen and oxygen atoms in total. The van der Waals surface area contributed by atoms with Gasteiger partial charge in [0.2, 0.25) is 11.8 Å². The monoisotopic (exact) mass is 779 g/mol. The molecule has 4 bridgehead atoms. The van der Waals surface area contributed by atoms with Crippen molar-refractivity contribution in [1.29, 1.82) is 0 Å². The van der Waals surface area contributed by atoms with Crippen LogP contribution in [0.5, 0.6) is 5.75 Å². The third-order valence-corrected chi connectivity index (χ3v) is 11.1. The number of esters is 1. The van der Waals surface area contributed by atoms with Crippen molar-refractivity contribution in [3.05, 3.63) is 46.5 Å². The molecule has 0 saturated carbocycles. The molecule has 2 saturated heterocycles. The van der Waals surface area contributed by atoms with Gasteiger partial charge in [0.1, 0.15) is 40.7 Å². The minimum Gasteiger partial charge on any atom is -0.495 e. The van der Waals surface area contributed by atoms with Crippen LogP contribution in [0.2, 0.25) is 5.02 Å². The van der Waals surface area contributed by atoms with Gasteiger partial charge in [-0.15, -0.1) is 0 Å². The smallest absolute Gasteiger partial charge is 0.409 e. The number of aliphatic hydroxyl groups is 1. The molecule has 15 heteroatoms. The predicted molar refractivity (Wildman–Crippen MR) is 203 cm³/mol. The van der Waals surface area contributed by atoms with E-state index in [0.29, 0.717) is 24.3 Å². The van der Waals surface area contributed by atoms with E-state index in [1.54, 1.807) is 52.1 Å². The molecule has 53 heavy (non-hydrogen) atoms. The quantitative estimate of drug-likeness (QED) is 0.187. The molecule has 3 amide bonds. The summed E-state index contributed by atoms with van der Waals surface area (Å²) in [6.07, 6.45) is 1.61. The molecule has 2 N–H and O–H groups in total. The van der Waals surface area contributed by atoms with Gasteiger partial charge in [-0.25, -0.2) is 9.59 Å². The molecule has 3 aliphatic rings. The highest BCUT2D eigenvalue weighted by Gasteiger charge is 2.64. The van der Waals surface area contributed by atoms with Gasteiger partial charge in [-0.3, -0.25) is 14.9 Å². The molecule has 1 aromatic carbocycles. The molecule has 0 radical (unpaired) electrons. The number of hydrogen-bond acceptors (Lipinski definition) is 11. The van der Waals surface area contributed by atoms with Crippen molar-refractivity contribution in [1.82, 2.24) is 10.2 Å². The van der Waals surface area contributed by atoms with E-state index in [1.807, 2.05) is 26.8 Å². The number of nitrogens with one attached hydrogen (secondary N) is 1. The summed E-state index contributed by atoms with van der Waals surface area (Å²) >= 11 is 11.3. The fraction of sp³-hybridized carbons (Fsp3) is 0.632. The van der Waals surface area contributed by atoms with E-state index in [-0.39, 0.29) is 34.9 Å². The number of carbonyl (C=O) groups is 4. The van der Waals surface area contributed by atoms with Gasteiger partial charge >= 0.3 is 12.1 Å². The van der Waals surface area contributed by atoms with Crippen LogP contribution >= 0.6 is 24.2 Å². The average molecular weight is 780 g/mol. The number of ether oxygens (including phenoxy) is 5. The first-order chi connectivity index (χ1) is 24.6. The van der Waals surface area contributed by atoms with Gasteiger partial charge in [0.25, 0.3) is 0 Å². The van der Waals surface area contributed by atoms with Crippen LogP contribution in [-0.2, 0) is 39.8 Å². The highest BCUT2D eigenvalue weighted by atomic mass is 35.5. The summed E-state index contributed by atoms with van der Waals surface area (Å²) in [6, 6.07) is 2.60. The van der Waals surface area contributed by atoms with Gasteiger partial charge in [0.15, 0.2) is 5.72 Å². The number of nitrogens with zero attached hydrogens (tertiary/aromatic N) is 2. The lowest BCUT2D eigenvalue weighted by Crippen LogP contribution is -2.63. The van der Waals surface area contributed by atoms with Crippen molar-refractivity contribution < 1.29 is 48.0 Å². The standard InChI is InChI=1S/C38H54ClN3O10S/c1-21-12-11-13-28(49-10)38(47)20-27(50-35(46)40-38)22(2)33-37(6,52-33)29(51-34(45)23(3)41(7)30(43)14-15-36(4,5)53)19-31(44)42(8)25-17-24(16-21)18-26(48-9)32(25)39/h11-13,17-18,22-23,27-29,33,47,53H,14-16,19-20H2,1-10H3,(H,40,46)/b13-11+,21-12+. The maximum absolute atomic E-state index is 14.1. The number of likely N-dealkylation sites (N-methyl/N-ethyl adjacent to an activating group) is 1. The van der Waals surface area contributed by atoms with E-state index in [1.165, 1.54) is 31.1 Å². The number of methoxy groups -OCH3 is 2. The molecule has 0 aromatic heterocycles. The van der Waals surface area contributed by atoms with Crippen LogP contribution in [0.1, 0.15) is 72.8 Å². The molecular formula is C38H54ClN3O10S. The van der Waals surface area contributed by atoms with Gasteiger partial charge in [0.05, 0.1) is 25.3 Å². The molecule has 2 fully saturated rings. The summed E-state index contributed by atoms with van der Waals surface area (Å²) < 4.78 is 28.8. The number of epoxide rings is 1. The summed E-state index contributed by atoms with van der Waals surface area (Å²) in [4.78, 5) is 56.5. The fourth-order valence-electron chi connectivity index (χ4n) is 6.81. The third kappa shape index (κ3) is 9.88. The number of thiol groups is 1. The summed E-state index contributed by atoms with van der Waals surface area (Å²) in [5.74, 6) is -1.58. The van der Waals surface area contributed by atoms with Crippen LogP contribution in [0, 0.1) is 5.92 Å². The minimum absolute atomic E-state index is 0.0509. The van der Waals surface area contributed by atoms with Gasteiger partial charge in [0, 0.05) is 44.7 Å². The lowest BCUT2D eigenvalue weighted by atomic mass is 9.83. The topological polar surface area (TPSA) is 156 Å². The molecule has 3 aliphatic heterocycles. The third-order valence-electron chi connectivity index (χ3n) is 10.5. The number of allylic oxidation sites excluding steroid dienone is 3. The summed E-state index contributed by atoms with van der Waals surface area (Å²) in [6.45, 7) is 10.8. The highest BCUT2D eigenvalue weighted by Crippen LogP contribution is 2.49. The zero-order chi connectivity index (χ0) is 39.6. The normalized spacial score (nSPS) is 31.5. The zero-order valence-corrected chi connectivity index (χ0v) is 33.9. The van der Waals surface area contributed by atoms with Crippen LogP contribution in [0.3, 0.4) is 0 Å². The van der Waals surface area contributed by atoms with Crippen LogP contribution in [0.25, 0.3) is 0 Å². The van der Waals surface area contributed by atoms with Crippen molar-refractivity contribution in [3.63, 3.8) is 0 Å². The van der Waals surface area contributed by atoms with E-state index in [2.05, 4.69) is 17.9 Å². The Morgan fingerprint density at radius 2 is 1.94 bits per heavy atom. The second-order valence-electron chi connectivity index (χ2n) is 15.2. The zero-order valence-electron chi connectivity index (χ0n) is 32.2. The van der Waals surface area contributed by atoms with Crippen LogP contribution in [-0.4, -0.2) is 109 Å². The summed E-state index contributed by atoms with van der Waals surface area (Å²) in [5.41, 5.74) is -0.916. The van der Waals surface area contributed by atoms with Gasteiger partial charge in [-0.05, 0) is 51.3 Å². The minimum atomic E-state index is -1.83. The Kier molecular flexibility index (Phi) is 13.3. The molecular weight excluding hydrogens is 726 g/mol. The van der Waals surface area contributed by atoms with E-state index >= 15 is 0 Å². The SMILES string of the molecule is COc1cc2cc(c1Cl)N(C)C(=O)CC(OC(=O)C(C)N(C)C(=O)CCC(C)(C)S)C1(C)OC1C(C)C1CC(O)(NC(=O)O1)C(OC)/C=C/C=C(\C)C2. The van der Waals surface area contributed by atoms with Crippen molar-refractivity contribution in [3.8, 4) is 5.75 Å². The maximum Gasteiger partial charge on any atom is 0.409 e. The Morgan fingerprint density at radius 3 is 2.57 bits per heavy atom. The Labute approximate surface area is 322 Å². The number of rotatable bonds is 8. The second-order valence-corrected chi connectivity index (χ2v) is 16.8. The molecule has 8 unspecified atom stereocenters. The van der Waals surface area contributed by atoms with Crippen molar-refractivity contribution >= 4 is 53.8 Å². The first-order valence-electron chi connectivity index (χ1n) is 17.7. The van der Waals surface area contributed by atoms with E-state index < -0.39 is 65.7 Å². The first kappa shape index (κ1) is 42.4. The van der Waals surface area contributed by atoms with Crippen molar-refractivity contribution in [2.24, 2.45) is 5.92 Å². The first-order valence-corrected chi connectivity index (χ1v) is 18.5.